The van der Waals surface area contributed by atoms with Crippen LogP contribution in [-0.2, 0) is 11.3 Å². The third-order valence-corrected chi connectivity index (χ3v) is 5.25. The van der Waals surface area contributed by atoms with Crippen molar-refractivity contribution in [2.24, 2.45) is 0 Å². The van der Waals surface area contributed by atoms with Gasteiger partial charge in [-0.1, -0.05) is 42.1 Å². The smallest absolute Gasteiger partial charge is 0.262 e. The van der Waals surface area contributed by atoms with Crippen molar-refractivity contribution < 1.29 is 9.53 Å². The van der Waals surface area contributed by atoms with Gasteiger partial charge in [-0.2, -0.15) is 0 Å². The summed E-state index contributed by atoms with van der Waals surface area (Å²) in [5.74, 6) is 0.779. The minimum Gasteiger partial charge on any atom is -0.496 e. The van der Waals surface area contributed by atoms with Crippen LogP contribution in [-0.4, -0.2) is 28.3 Å². The van der Waals surface area contributed by atoms with E-state index in [0.717, 1.165) is 11.3 Å². The SMILES string of the molecule is COc1ccccc1CNC(=O)CSc1nc2ccccc2c(=O)n1C(C)C. The minimum absolute atomic E-state index is 0.0521. The zero-order valence-corrected chi connectivity index (χ0v) is 17.0. The number of nitrogens with one attached hydrogen (secondary N) is 1. The summed E-state index contributed by atoms with van der Waals surface area (Å²) in [6.45, 7) is 4.25. The van der Waals surface area contributed by atoms with Gasteiger partial charge in [-0.15, -0.1) is 0 Å². The van der Waals surface area contributed by atoms with Gasteiger partial charge in [0.25, 0.3) is 5.56 Å². The zero-order chi connectivity index (χ0) is 20.1. The molecule has 0 atom stereocenters. The Morgan fingerprint density at radius 2 is 1.89 bits per heavy atom. The van der Waals surface area contributed by atoms with Gasteiger partial charge in [0.05, 0.1) is 23.8 Å². The molecule has 1 N–H and O–H groups in total. The first-order valence-corrected chi connectivity index (χ1v) is 10.0. The minimum atomic E-state index is -0.131. The van der Waals surface area contributed by atoms with Crippen LogP contribution in [0.15, 0.2) is 58.5 Å². The summed E-state index contributed by atoms with van der Waals surface area (Å²) in [6.07, 6.45) is 0. The number of aromatic nitrogens is 2. The van der Waals surface area contributed by atoms with E-state index in [1.54, 1.807) is 17.7 Å². The normalized spacial score (nSPS) is 11.0. The molecule has 0 unspecified atom stereocenters. The molecule has 146 valence electrons. The lowest BCUT2D eigenvalue weighted by molar-refractivity contribution is -0.118. The molecule has 2 aromatic carbocycles. The molecule has 3 rings (SSSR count). The number of hydrogen-bond donors (Lipinski definition) is 1. The number of amides is 1. The van der Waals surface area contributed by atoms with Gasteiger partial charge in [-0.3, -0.25) is 14.2 Å². The van der Waals surface area contributed by atoms with Crippen molar-refractivity contribution >= 4 is 28.6 Å². The second-order valence-electron chi connectivity index (χ2n) is 6.56. The monoisotopic (exact) mass is 397 g/mol. The lowest BCUT2D eigenvalue weighted by atomic mass is 10.2. The average Bonchev–Trinajstić information content (AvgIpc) is 2.70. The van der Waals surface area contributed by atoms with E-state index >= 15 is 0 Å². The standard InChI is InChI=1S/C21H23N3O3S/c1-14(2)24-20(26)16-9-5-6-10-17(16)23-21(24)28-13-19(25)22-12-15-8-4-7-11-18(15)27-3/h4-11,14H,12-13H2,1-3H3,(H,22,25). The van der Waals surface area contributed by atoms with Gasteiger partial charge in [0.1, 0.15) is 5.75 Å². The van der Waals surface area contributed by atoms with Gasteiger partial charge in [0, 0.05) is 18.2 Å². The highest BCUT2D eigenvalue weighted by molar-refractivity contribution is 7.99. The van der Waals surface area contributed by atoms with E-state index in [1.165, 1.54) is 11.8 Å². The highest BCUT2D eigenvalue weighted by Crippen LogP contribution is 2.21. The van der Waals surface area contributed by atoms with Crippen LogP contribution in [0.25, 0.3) is 10.9 Å². The summed E-state index contributed by atoms with van der Waals surface area (Å²) in [6, 6.07) is 14.8. The number of nitrogens with zero attached hydrogens (tertiary/aromatic N) is 2. The molecule has 0 spiro atoms. The summed E-state index contributed by atoms with van der Waals surface area (Å²) in [5.41, 5.74) is 1.46. The van der Waals surface area contributed by atoms with Crippen molar-refractivity contribution in [3.8, 4) is 5.75 Å². The third kappa shape index (κ3) is 4.36. The second kappa shape index (κ2) is 8.93. The van der Waals surface area contributed by atoms with Crippen molar-refractivity contribution in [1.82, 2.24) is 14.9 Å². The summed E-state index contributed by atoms with van der Waals surface area (Å²) in [4.78, 5) is 29.7. The van der Waals surface area contributed by atoms with E-state index in [0.29, 0.717) is 22.6 Å². The van der Waals surface area contributed by atoms with Crippen molar-refractivity contribution in [1.29, 1.82) is 0 Å². The third-order valence-electron chi connectivity index (χ3n) is 4.29. The van der Waals surface area contributed by atoms with E-state index in [-0.39, 0.29) is 23.3 Å². The zero-order valence-electron chi connectivity index (χ0n) is 16.1. The number of fused-ring (bicyclic) bond motifs is 1. The molecular weight excluding hydrogens is 374 g/mol. The molecule has 1 aromatic heterocycles. The van der Waals surface area contributed by atoms with Gasteiger partial charge in [0.15, 0.2) is 5.16 Å². The molecule has 0 saturated carbocycles. The first-order valence-electron chi connectivity index (χ1n) is 9.04. The number of benzene rings is 2. The summed E-state index contributed by atoms with van der Waals surface area (Å²) in [7, 11) is 1.60. The topological polar surface area (TPSA) is 73.2 Å². The number of para-hydroxylation sites is 2. The van der Waals surface area contributed by atoms with E-state index < -0.39 is 0 Å². The fourth-order valence-corrected chi connectivity index (χ4v) is 3.86. The van der Waals surface area contributed by atoms with Gasteiger partial charge in [-0.25, -0.2) is 4.98 Å². The Bertz CT molecular complexity index is 1050. The summed E-state index contributed by atoms with van der Waals surface area (Å²) >= 11 is 1.27. The number of methoxy groups -OCH3 is 1. The Balaban J connectivity index is 1.73. The van der Waals surface area contributed by atoms with Crippen molar-refractivity contribution in [2.45, 2.75) is 31.6 Å². The predicted octanol–water partition coefficient (Wildman–Crippen LogP) is 3.39. The molecule has 0 saturated heterocycles. The van der Waals surface area contributed by atoms with Gasteiger partial charge >= 0.3 is 0 Å². The van der Waals surface area contributed by atoms with Gasteiger partial charge in [0.2, 0.25) is 5.91 Å². The number of rotatable bonds is 7. The Morgan fingerprint density at radius 3 is 2.64 bits per heavy atom. The number of carbonyl (C=O) groups excluding carboxylic acids is 1. The number of thioether (sulfide) groups is 1. The summed E-state index contributed by atoms with van der Waals surface area (Å²) < 4.78 is 6.94. The van der Waals surface area contributed by atoms with E-state index in [2.05, 4.69) is 10.3 Å². The van der Waals surface area contributed by atoms with Crippen LogP contribution in [0.5, 0.6) is 5.75 Å². The molecule has 0 aliphatic carbocycles. The molecule has 1 amide bonds. The van der Waals surface area contributed by atoms with Crippen LogP contribution in [0, 0.1) is 0 Å². The molecule has 3 aromatic rings. The van der Waals surface area contributed by atoms with E-state index in [9.17, 15) is 9.59 Å². The molecule has 6 nitrogen and oxygen atoms in total. The maximum Gasteiger partial charge on any atom is 0.262 e. The second-order valence-corrected chi connectivity index (χ2v) is 7.50. The Kier molecular flexibility index (Phi) is 6.36. The molecular formula is C21H23N3O3S. The van der Waals surface area contributed by atoms with Crippen LogP contribution in [0.4, 0.5) is 0 Å². The van der Waals surface area contributed by atoms with Gasteiger partial charge < -0.3 is 10.1 Å². The molecule has 28 heavy (non-hydrogen) atoms. The quantitative estimate of drug-likeness (QED) is 0.489. The Labute approximate surface area is 167 Å². The van der Waals surface area contributed by atoms with E-state index in [4.69, 9.17) is 4.74 Å². The molecule has 0 aliphatic heterocycles. The number of ether oxygens (including phenoxy) is 1. The van der Waals surface area contributed by atoms with Gasteiger partial charge in [-0.05, 0) is 32.0 Å². The highest BCUT2D eigenvalue weighted by Gasteiger charge is 2.15. The van der Waals surface area contributed by atoms with Crippen molar-refractivity contribution in [3.05, 3.63) is 64.4 Å². The number of hydrogen-bond acceptors (Lipinski definition) is 5. The molecule has 0 fully saturated rings. The molecule has 0 bridgehead atoms. The predicted molar refractivity (Wildman–Crippen MR) is 112 cm³/mol. The summed E-state index contributed by atoms with van der Waals surface area (Å²) in [5, 5.41) is 4.02. The van der Waals surface area contributed by atoms with Crippen molar-refractivity contribution in [2.75, 3.05) is 12.9 Å². The maximum absolute atomic E-state index is 12.8. The fraction of sp³-hybridized carbons (Fsp3) is 0.286. The highest BCUT2D eigenvalue weighted by atomic mass is 32.2. The molecule has 0 radical (unpaired) electrons. The largest absolute Gasteiger partial charge is 0.496 e. The molecule has 1 heterocycles. The van der Waals surface area contributed by atoms with E-state index in [1.807, 2.05) is 56.3 Å². The fourth-order valence-electron chi connectivity index (χ4n) is 2.91. The van der Waals surface area contributed by atoms with Crippen LogP contribution in [0.3, 0.4) is 0 Å². The van der Waals surface area contributed by atoms with Crippen LogP contribution < -0.4 is 15.6 Å². The first-order chi connectivity index (χ1) is 13.5. The lowest BCUT2D eigenvalue weighted by Gasteiger charge is -2.16. The lowest BCUT2D eigenvalue weighted by Crippen LogP contribution is -2.27. The number of carbonyl (C=O) groups is 1. The average molecular weight is 398 g/mol. The van der Waals surface area contributed by atoms with Crippen LogP contribution >= 0.6 is 11.8 Å². The first kappa shape index (κ1) is 19.9. The molecule has 7 heteroatoms. The molecule has 0 aliphatic rings. The Hall–Kier alpha value is -2.80. The van der Waals surface area contributed by atoms with Crippen LogP contribution in [0.1, 0.15) is 25.5 Å². The maximum atomic E-state index is 12.8. The Morgan fingerprint density at radius 1 is 1.18 bits per heavy atom. The van der Waals surface area contributed by atoms with Crippen LogP contribution in [0.2, 0.25) is 0 Å². The van der Waals surface area contributed by atoms with Crippen molar-refractivity contribution in [3.63, 3.8) is 0 Å².